The Balaban J connectivity index is 1.81. The van der Waals surface area contributed by atoms with E-state index in [0.29, 0.717) is 13.0 Å². The van der Waals surface area contributed by atoms with E-state index in [4.69, 9.17) is 10.00 Å². The summed E-state index contributed by atoms with van der Waals surface area (Å²) in [7, 11) is 0. The quantitative estimate of drug-likeness (QED) is 0.802. The van der Waals surface area contributed by atoms with Crippen molar-refractivity contribution in [3.8, 4) is 11.8 Å². The highest BCUT2D eigenvalue weighted by Gasteiger charge is 2.43. The Kier molecular flexibility index (Phi) is 4.22. The molecule has 1 aromatic carbocycles. The molecule has 0 radical (unpaired) electrons. The van der Waals surface area contributed by atoms with Crippen LogP contribution in [0.2, 0.25) is 0 Å². The predicted molar refractivity (Wildman–Crippen MR) is 71.2 cm³/mol. The molecule has 1 aliphatic carbocycles. The second-order valence-electron chi connectivity index (χ2n) is 5.05. The van der Waals surface area contributed by atoms with Crippen molar-refractivity contribution in [2.75, 3.05) is 13.2 Å². The fourth-order valence-corrected chi connectivity index (χ4v) is 1.93. The van der Waals surface area contributed by atoms with E-state index in [9.17, 15) is 0 Å². The van der Waals surface area contributed by atoms with Crippen molar-refractivity contribution in [3.05, 3.63) is 29.8 Å². The first kappa shape index (κ1) is 12.9. The molecule has 18 heavy (non-hydrogen) atoms. The summed E-state index contributed by atoms with van der Waals surface area (Å²) < 4.78 is 5.77. The maximum absolute atomic E-state index is 8.75. The minimum Gasteiger partial charge on any atom is -0.493 e. The third-order valence-corrected chi connectivity index (χ3v) is 3.46. The molecule has 1 saturated carbocycles. The van der Waals surface area contributed by atoms with Crippen LogP contribution in [0, 0.1) is 16.7 Å². The lowest BCUT2D eigenvalue weighted by Gasteiger charge is -2.13. The first-order chi connectivity index (χ1) is 8.78. The van der Waals surface area contributed by atoms with E-state index in [1.807, 2.05) is 12.1 Å². The molecule has 0 aromatic heterocycles. The van der Waals surface area contributed by atoms with Gasteiger partial charge in [-0.15, -0.1) is 0 Å². The molecule has 1 aromatic rings. The lowest BCUT2D eigenvalue weighted by atomic mass is 10.1. The number of nitriles is 1. The Labute approximate surface area is 109 Å². The summed E-state index contributed by atoms with van der Waals surface area (Å²) in [5.74, 6) is 0.902. The first-order valence-corrected chi connectivity index (χ1v) is 6.57. The number of hydrogen-bond acceptors (Lipinski definition) is 3. The molecule has 0 amide bonds. The predicted octanol–water partition coefficient (Wildman–Crippen LogP) is 2.87. The summed E-state index contributed by atoms with van der Waals surface area (Å²) in [6.07, 6.45) is 2.86. The molecule has 1 fully saturated rings. The van der Waals surface area contributed by atoms with Crippen LogP contribution in [-0.2, 0) is 6.54 Å². The van der Waals surface area contributed by atoms with Crippen molar-refractivity contribution in [3.63, 3.8) is 0 Å². The highest BCUT2D eigenvalue weighted by molar-refractivity contribution is 5.27. The minimum absolute atomic E-state index is 0.150. The Morgan fingerprint density at radius 2 is 2.06 bits per heavy atom. The highest BCUT2D eigenvalue weighted by Crippen LogP contribution is 2.48. The molecule has 0 atom stereocenters. The fourth-order valence-electron chi connectivity index (χ4n) is 1.93. The van der Waals surface area contributed by atoms with Gasteiger partial charge in [-0.1, -0.05) is 19.1 Å². The fraction of sp³-hybridized carbons (Fsp3) is 0.533. The Morgan fingerprint density at radius 3 is 2.61 bits per heavy atom. The van der Waals surface area contributed by atoms with E-state index in [1.165, 1.54) is 5.56 Å². The maximum Gasteiger partial charge on any atom is 0.119 e. The molecule has 96 valence electrons. The average molecular weight is 244 g/mol. The summed E-state index contributed by atoms with van der Waals surface area (Å²) in [6, 6.07) is 10.4. The van der Waals surface area contributed by atoms with Crippen molar-refractivity contribution < 1.29 is 4.74 Å². The van der Waals surface area contributed by atoms with Gasteiger partial charge >= 0.3 is 0 Å². The Hall–Kier alpha value is -1.53. The summed E-state index contributed by atoms with van der Waals surface area (Å²) in [5.41, 5.74) is 1.42. The second-order valence-corrected chi connectivity index (χ2v) is 5.05. The van der Waals surface area contributed by atoms with E-state index >= 15 is 0 Å². The van der Waals surface area contributed by atoms with Crippen LogP contribution in [0.4, 0.5) is 0 Å². The van der Waals surface area contributed by atoms with E-state index < -0.39 is 0 Å². The van der Waals surface area contributed by atoms with Crippen molar-refractivity contribution in [1.82, 2.24) is 5.32 Å². The molecule has 0 saturated heterocycles. The molecular weight excluding hydrogens is 224 g/mol. The molecule has 3 heteroatoms. The second kappa shape index (κ2) is 5.88. The lowest BCUT2D eigenvalue weighted by Crippen LogP contribution is -2.13. The van der Waals surface area contributed by atoms with Gasteiger partial charge in [0.1, 0.15) is 5.75 Å². The number of ether oxygens (including phenoxy) is 1. The summed E-state index contributed by atoms with van der Waals surface area (Å²) in [6.45, 7) is 4.65. The topological polar surface area (TPSA) is 45.0 Å². The third-order valence-electron chi connectivity index (χ3n) is 3.46. The molecule has 0 bridgehead atoms. The maximum atomic E-state index is 8.75. The van der Waals surface area contributed by atoms with Gasteiger partial charge in [0.15, 0.2) is 0 Å². The van der Waals surface area contributed by atoms with Crippen LogP contribution in [-0.4, -0.2) is 13.2 Å². The van der Waals surface area contributed by atoms with Crippen LogP contribution < -0.4 is 10.1 Å². The molecular formula is C15H20N2O. The number of nitrogens with one attached hydrogen (secondary N) is 1. The van der Waals surface area contributed by atoms with Gasteiger partial charge in [-0.2, -0.15) is 5.26 Å². The smallest absolute Gasteiger partial charge is 0.119 e. The normalized spacial score (nSPS) is 16.0. The Morgan fingerprint density at radius 1 is 1.33 bits per heavy atom. The van der Waals surface area contributed by atoms with Crippen molar-refractivity contribution in [1.29, 1.82) is 5.26 Å². The van der Waals surface area contributed by atoms with Gasteiger partial charge in [-0.3, -0.25) is 0 Å². The molecule has 0 aliphatic heterocycles. The molecule has 1 N–H and O–H groups in total. The number of rotatable bonds is 7. The van der Waals surface area contributed by atoms with Crippen molar-refractivity contribution in [2.24, 2.45) is 5.41 Å². The Bertz CT molecular complexity index is 415. The van der Waals surface area contributed by atoms with Crippen LogP contribution >= 0.6 is 0 Å². The summed E-state index contributed by atoms with van der Waals surface area (Å²) in [4.78, 5) is 0. The largest absolute Gasteiger partial charge is 0.493 e. The van der Waals surface area contributed by atoms with Gasteiger partial charge in [0.05, 0.1) is 12.7 Å². The molecule has 0 unspecified atom stereocenters. The molecule has 0 heterocycles. The van der Waals surface area contributed by atoms with Gasteiger partial charge in [-0.25, -0.2) is 0 Å². The summed E-state index contributed by atoms with van der Waals surface area (Å²) >= 11 is 0. The zero-order chi connectivity index (χ0) is 12.8. The van der Waals surface area contributed by atoms with Gasteiger partial charge in [0, 0.05) is 18.4 Å². The van der Waals surface area contributed by atoms with Crippen molar-refractivity contribution in [2.45, 2.75) is 32.7 Å². The number of nitrogens with zero attached hydrogens (tertiary/aromatic N) is 1. The zero-order valence-corrected chi connectivity index (χ0v) is 10.9. The average Bonchev–Trinajstić information content (AvgIpc) is 3.16. The van der Waals surface area contributed by atoms with Crippen molar-refractivity contribution >= 4 is 0 Å². The van der Waals surface area contributed by atoms with Gasteiger partial charge in [-0.05, 0) is 37.1 Å². The van der Waals surface area contributed by atoms with Gasteiger partial charge in [0.25, 0.3) is 0 Å². The molecule has 0 spiro atoms. The molecule has 2 rings (SSSR count). The van der Waals surface area contributed by atoms with Crippen LogP contribution in [0.25, 0.3) is 0 Å². The molecule has 1 aliphatic rings. The molecule has 3 nitrogen and oxygen atoms in total. The van der Waals surface area contributed by atoms with Gasteiger partial charge in [0.2, 0.25) is 0 Å². The van der Waals surface area contributed by atoms with E-state index in [2.05, 4.69) is 30.4 Å². The standard InChI is InChI=1S/C15H20N2O/c1-2-17-11-13-3-5-14(6-4-13)18-12-15(7-8-15)9-10-16/h3-6,17H,2,7-9,11-12H2,1H3. The van der Waals surface area contributed by atoms with Crippen LogP contribution in [0.3, 0.4) is 0 Å². The first-order valence-electron chi connectivity index (χ1n) is 6.57. The SMILES string of the molecule is CCNCc1ccc(OCC2(CC#N)CC2)cc1. The zero-order valence-electron chi connectivity index (χ0n) is 10.9. The monoisotopic (exact) mass is 244 g/mol. The highest BCUT2D eigenvalue weighted by atomic mass is 16.5. The summed E-state index contributed by atoms with van der Waals surface area (Å²) in [5, 5.41) is 12.0. The minimum atomic E-state index is 0.150. The number of benzene rings is 1. The van der Waals surface area contributed by atoms with E-state index in [0.717, 1.165) is 31.7 Å². The van der Waals surface area contributed by atoms with Crippen LogP contribution in [0.15, 0.2) is 24.3 Å². The van der Waals surface area contributed by atoms with E-state index in [1.54, 1.807) is 0 Å². The number of hydrogen-bond donors (Lipinski definition) is 1. The van der Waals surface area contributed by atoms with E-state index in [-0.39, 0.29) is 5.41 Å². The van der Waals surface area contributed by atoms with Crippen LogP contribution in [0.1, 0.15) is 31.7 Å². The van der Waals surface area contributed by atoms with Gasteiger partial charge < -0.3 is 10.1 Å². The third kappa shape index (κ3) is 3.48. The van der Waals surface area contributed by atoms with Crippen LogP contribution in [0.5, 0.6) is 5.75 Å². The lowest BCUT2D eigenvalue weighted by molar-refractivity contribution is 0.237.